The Morgan fingerprint density at radius 3 is 2.59 bits per heavy atom. The summed E-state index contributed by atoms with van der Waals surface area (Å²) >= 11 is 0. The zero-order valence-corrected chi connectivity index (χ0v) is 23.1. The van der Waals surface area contributed by atoms with Crippen LogP contribution in [0.5, 0.6) is 0 Å². The molecule has 5 nitrogen and oxygen atoms in total. The van der Waals surface area contributed by atoms with Gasteiger partial charge in [0, 0.05) is 36.9 Å². The van der Waals surface area contributed by atoms with Crippen molar-refractivity contribution in [2.45, 2.75) is 50.4 Å². The first-order chi connectivity index (χ1) is 19.6. The summed E-state index contributed by atoms with van der Waals surface area (Å²) in [4.78, 5) is 28.3. The van der Waals surface area contributed by atoms with Crippen LogP contribution in [0.3, 0.4) is 0 Å². The average Bonchev–Trinajstić information content (AvgIpc) is 2.96. The summed E-state index contributed by atoms with van der Waals surface area (Å²) in [5, 5.41) is 6.35. The maximum atomic E-state index is 13.6. The number of piperidine rings is 2. The molecule has 3 aromatic carbocycles. The number of carbonyl (C=O) groups is 2. The van der Waals surface area contributed by atoms with E-state index in [0.717, 1.165) is 42.6 Å². The SMILES string of the molecule is Cc1ccc(NC(=O)c2cccc(C(F)(F)F)c2)cc1C1CC2CNC(/C=C\Cc3ccccc3)CC2N(C)C1=O. The average molecular weight is 562 g/mol. The number of halogens is 3. The Kier molecular flexibility index (Phi) is 8.31. The highest BCUT2D eigenvalue weighted by atomic mass is 19.4. The van der Waals surface area contributed by atoms with Gasteiger partial charge in [0.15, 0.2) is 0 Å². The number of allylic oxidation sites excluding steroid dienone is 1. The molecular weight excluding hydrogens is 527 g/mol. The van der Waals surface area contributed by atoms with Gasteiger partial charge in [-0.15, -0.1) is 0 Å². The number of aryl methyl sites for hydroxylation is 1. The molecule has 41 heavy (non-hydrogen) atoms. The number of alkyl halides is 3. The van der Waals surface area contributed by atoms with Gasteiger partial charge in [-0.2, -0.15) is 13.2 Å². The predicted molar refractivity (Wildman–Crippen MR) is 154 cm³/mol. The molecular formula is C33H34F3N3O2. The van der Waals surface area contributed by atoms with Crippen LogP contribution in [0.1, 0.15) is 51.4 Å². The third-order valence-corrected chi connectivity index (χ3v) is 8.29. The zero-order chi connectivity index (χ0) is 29.1. The lowest BCUT2D eigenvalue weighted by molar-refractivity contribution is -0.140. The van der Waals surface area contributed by atoms with Gasteiger partial charge >= 0.3 is 6.18 Å². The van der Waals surface area contributed by atoms with Gasteiger partial charge in [0.05, 0.1) is 11.5 Å². The molecule has 214 valence electrons. The first kappa shape index (κ1) is 28.6. The number of anilines is 1. The normalized spacial score (nSPS) is 23.0. The van der Waals surface area contributed by atoms with Crippen LogP contribution < -0.4 is 10.6 Å². The fraction of sp³-hybridized carbons (Fsp3) is 0.333. The molecule has 2 saturated heterocycles. The van der Waals surface area contributed by atoms with Gasteiger partial charge in [-0.3, -0.25) is 9.59 Å². The lowest BCUT2D eigenvalue weighted by Crippen LogP contribution is -2.58. The fourth-order valence-electron chi connectivity index (χ4n) is 6.03. The Morgan fingerprint density at radius 1 is 1.05 bits per heavy atom. The van der Waals surface area contributed by atoms with E-state index in [4.69, 9.17) is 0 Å². The number of amides is 2. The minimum absolute atomic E-state index is 0.0459. The molecule has 0 radical (unpaired) electrons. The number of fused-ring (bicyclic) bond motifs is 1. The molecule has 0 aromatic heterocycles. The summed E-state index contributed by atoms with van der Waals surface area (Å²) in [6.45, 7) is 2.73. The third kappa shape index (κ3) is 6.54. The smallest absolute Gasteiger partial charge is 0.342 e. The standard InChI is InChI=1S/C33H34F3N3O2/c1-21-14-15-27(38-31(40)23-11-7-12-25(16-23)33(34,35)36)18-28(21)29-17-24-20-37-26(19-30(24)39(2)32(29)41)13-6-10-22-8-4-3-5-9-22/h3-9,11-16,18,24,26,29-30,37H,10,17,19-20H2,1-2H3,(H,38,40)/b13-6-. The molecule has 5 rings (SSSR count). The molecule has 4 atom stereocenters. The molecule has 2 N–H and O–H groups in total. The zero-order valence-electron chi connectivity index (χ0n) is 23.1. The summed E-state index contributed by atoms with van der Waals surface area (Å²) in [6.07, 6.45) is 2.25. The highest BCUT2D eigenvalue weighted by Gasteiger charge is 2.43. The minimum Gasteiger partial charge on any atom is -0.342 e. The van der Waals surface area contributed by atoms with E-state index in [1.807, 2.05) is 43.1 Å². The van der Waals surface area contributed by atoms with Crippen molar-refractivity contribution in [3.8, 4) is 0 Å². The van der Waals surface area contributed by atoms with E-state index in [2.05, 4.69) is 34.9 Å². The van der Waals surface area contributed by atoms with Crippen molar-refractivity contribution in [2.24, 2.45) is 5.92 Å². The molecule has 0 spiro atoms. The van der Waals surface area contributed by atoms with Crippen LogP contribution in [0.4, 0.5) is 18.9 Å². The number of likely N-dealkylation sites (tertiary alicyclic amines) is 1. The van der Waals surface area contributed by atoms with Crippen LogP contribution in [0.2, 0.25) is 0 Å². The monoisotopic (exact) mass is 561 g/mol. The second-order valence-corrected chi connectivity index (χ2v) is 11.0. The van der Waals surface area contributed by atoms with Crippen molar-refractivity contribution < 1.29 is 22.8 Å². The van der Waals surface area contributed by atoms with Crippen LogP contribution >= 0.6 is 0 Å². The second kappa shape index (κ2) is 11.9. The van der Waals surface area contributed by atoms with Crippen molar-refractivity contribution in [1.29, 1.82) is 0 Å². The Morgan fingerprint density at radius 2 is 1.83 bits per heavy atom. The maximum absolute atomic E-state index is 13.6. The molecule has 2 fully saturated rings. The first-order valence-electron chi connectivity index (χ1n) is 13.9. The molecule has 3 aromatic rings. The van der Waals surface area contributed by atoms with E-state index in [9.17, 15) is 22.8 Å². The van der Waals surface area contributed by atoms with Gasteiger partial charge in [-0.1, -0.05) is 54.6 Å². The number of hydrogen-bond acceptors (Lipinski definition) is 3. The van der Waals surface area contributed by atoms with Crippen LogP contribution in [-0.4, -0.2) is 42.4 Å². The Hall–Kier alpha value is -3.91. The van der Waals surface area contributed by atoms with Crippen molar-refractivity contribution in [1.82, 2.24) is 10.2 Å². The largest absolute Gasteiger partial charge is 0.416 e. The Labute approximate surface area is 238 Å². The van der Waals surface area contributed by atoms with Gasteiger partial charge in [-0.05, 0) is 79.1 Å². The molecule has 2 amide bonds. The van der Waals surface area contributed by atoms with E-state index < -0.39 is 17.6 Å². The van der Waals surface area contributed by atoms with Gasteiger partial charge in [0.2, 0.25) is 5.91 Å². The second-order valence-electron chi connectivity index (χ2n) is 11.0. The van der Waals surface area contributed by atoms with E-state index >= 15 is 0 Å². The summed E-state index contributed by atoms with van der Waals surface area (Å²) in [5.41, 5.74) is 2.49. The summed E-state index contributed by atoms with van der Waals surface area (Å²) in [7, 11) is 1.87. The van der Waals surface area contributed by atoms with Gasteiger partial charge < -0.3 is 15.5 Å². The van der Waals surface area contributed by atoms with Gasteiger partial charge in [-0.25, -0.2) is 0 Å². The summed E-state index contributed by atoms with van der Waals surface area (Å²) in [6, 6.07) is 20.3. The first-order valence-corrected chi connectivity index (χ1v) is 13.9. The van der Waals surface area contributed by atoms with Crippen molar-refractivity contribution in [3.05, 3.63) is 113 Å². The number of benzene rings is 3. The van der Waals surface area contributed by atoms with E-state index in [1.165, 1.54) is 17.7 Å². The number of likely N-dealkylation sites (N-methyl/N-ethyl adjacent to an activating group) is 1. The minimum atomic E-state index is -4.54. The number of hydrogen-bond donors (Lipinski definition) is 2. The Balaban J connectivity index is 1.26. The molecule has 0 saturated carbocycles. The topological polar surface area (TPSA) is 61.4 Å². The number of rotatable bonds is 6. The van der Waals surface area contributed by atoms with Crippen molar-refractivity contribution in [2.75, 3.05) is 18.9 Å². The molecule has 4 unspecified atom stereocenters. The third-order valence-electron chi connectivity index (χ3n) is 8.29. The molecule has 2 aliphatic heterocycles. The van der Waals surface area contributed by atoms with E-state index in [-0.39, 0.29) is 35.4 Å². The lowest BCUT2D eigenvalue weighted by Gasteiger charge is -2.47. The molecule has 2 aliphatic rings. The lowest BCUT2D eigenvalue weighted by atomic mass is 9.75. The molecule has 8 heteroatoms. The Bertz CT molecular complexity index is 1440. The van der Waals surface area contributed by atoms with Gasteiger partial charge in [0.1, 0.15) is 0 Å². The van der Waals surface area contributed by atoms with Crippen LogP contribution in [0, 0.1) is 12.8 Å². The molecule has 2 heterocycles. The summed E-state index contributed by atoms with van der Waals surface area (Å²) in [5.74, 6) is -0.673. The number of nitrogens with zero attached hydrogens (tertiary/aromatic N) is 1. The maximum Gasteiger partial charge on any atom is 0.416 e. The van der Waals surface area contributed by atoms with Gasteiger partial charge in [0.25, 0.3) is 5.91 Å². The van der Waals surface area contributed by atoms with E-state index in [1.54, 1.807) is 12.1 Å². The van der Waals surface area contributed by atoms with Crippen molar-refractivity contribution in [3.63, 3.8) is 0 Å². The van der Waals surface area contributed by atoms with E-state index in [0.29, 0.717) is 12.1 Å². The van der Waals surface area contributed by atoms with Crippen LogP contribution in [0.25, 0.3) is 0 Å². The van der Waals surface area contributed by atoms with Crippen LogP contribution in [-0.2, 0) is 17.4 Å². The quantitative estimate of drug-likeness (QED) is 0.345. The fourth-order valence-corrected chi connectivity index (χ4v) is 6.03. The number of carbonyl (C=O) groups excluding carboxylic acids is 2. The van der Waals surface area contributed by atoms with Crippen molar-refractivity contribution >= 4 is 17.5 Å². The highest BCUT2D eigenvalue weighted by molar-refractivity contribution is 6.04. The molecule has 0 bridgehead atoms. The summed E-state index contributed by atoms with van der Waals surface area (Å²) < 4.78 is 39.3. The predicted octanol–water partition coefficient (Wildman–Crippen LogP) is 6.36. The van der Waals surface area contributed by atoms with Crippen LogP contribution in [0.15, 0.2) is 84.9 Å². The number of nitrogens with one attached hydrogen (secondary N) is 2. The highest BCUT2D eigenvalue weighted by Crippen LogP contribution is 2.39. The molecule has 0 aliphatic carbocycles.